The number of rotatable bonds is 4. The summed E-state index contributed by atoms with van der Waals surface area (Å²) in [7, 11) is -3.62. The van der Waals surface area contributed by atoms with E-state index in [1.807, 2.05) is 18.4 Å². The molecule has 0 heterocycles. The van der Waals surface area contributed by atoms with Crippen molar-refractivity contribution in [2.75, 3.05) is 11.0 Å². The maximum Gasteiger partial charge on any atom is 0.261 e. The molecular formula is C13H12ClNO2S2. The lowest BCUT2D eigenvalue weighted by Crippen LogP contribution is -2.13. The molecule has 2 aromatic rings. The highest BCUT2D eigenvalue weighted by molar-refractivity contribution is 7.99. The van der Waals surface area contributed by atoms with Gasteiger partial charge in [0.25, 0.3) is 10.0 Å². The minimum atomic E-state index is -3.62. The van der Waals surface area contributed by atoms with E-state index in [0.717, 1.165) is 4.90 Å². The summed E-state index contributed by atoms with van der Waals surface area (Å²) in [4.78, 5) is 1.02. The third kappa shape index (κ3) is 3.43. The molecule has 2 aromatic carbocycles. The quantitative estimate of drug-likeness (QED) is 0.872. The fourth-order valence-electron chi connectivity index (χ4n) is 1.57. The molecule has 0 aliphatic rings. The van der Waals surface area contributed by atoms with Crippen LogP contribution in [0.5, 0.6) is 0 Å². The molecule has 0 aromatic heterocycles. The molecule has 0 fully saturated rings. The molecular weight excluding hydrogens is 302 g/mol. The molecule has 6 heteroatoms. The summed E-state index contributed by atoms with van der Waals surface area (Å²) in [5, 5.41) is 0.390. The second-order valence-electron chi connectivity index (χ2n) is 3.76. The van der Waals surface area contributed by atoms with Gasteiger partial charge in [0.05, 0.1) is 10.6 Å². The molecule has 0 radical (unpaired) electrons. The van der Waals surface area contributed by atoms with Crippen LogP contribution in [0, 0.1) is 0 Å². The largest absolute Gasteiger partial charge is 0.278 e. The number of para-hydroxylation sites is 1. The number of sulfonamides is 1. The monoisotopic (exact) mass is 313 g/mol. The third-order valence-corrected chi connectivity index (χ3v) is 4.85. The lowest BCUT2D eigenvalue weighted by atomic mass is 10.3. The number of halogens is 1. The first-order chi connectivity index (χ1) is 9.03. The zero-order valence-corrected chi connectivity index (χ0v) is 12.5. The molecule has 0 bridgehead atoms. The molecule has 0 atom stereocenters. The van der Waals surface area contributed by atoms with Gasteiger partial charge in [0.1, 0.15) is 0 Å². The minimum Gasteiger partial charge on any atom is -0.278 e. The van der Waals surface area contributed by atoms with Crippen molar-refractivity contribution in [3.63, 3.8) is 0 Å². The van der Waals surface area contributed by atoms with E-state index in [4.69, 9.17) is 11.6 Å². The predicted octanol–water partition coefficient (Wildman–Crippen LogP) is 3.86. The number of hydrogen-bond donors (Lipinski definition) is 1. The number of benzene rings is 2. The summed E-state index contributed by atoms with van der Waals surface area (Å²) in [6.45, 7) is 0. The Labute approximate surface area is 122 Å². The number of nitrogens with one attached hydrogen (secondary N) is 1. The minimum absolute atomic E-state index is 0.149. The summed E-state index contributed by atoms with van der Waals surface area (Å²) in [6.07, 6.45) is 1.90. The van der Waals surface area contributed by atoms with Gasteiger partial charge in [0, 0.05) is 9.92 Å². The fraction of sp³-hybridized carbons (Fsp3) is 0.0769. The van der Waals surface area contributed by atoms with Crippen LogP contribution in [0.1, 0.15) is 0 Å². The first-order valence-electron chi connectivity index (χ1n) is 5.44. The van der Waals surface area contributed by atoms with E-state index in [2.05, 4.69) is 4.72 Å². The van der Waals surface area contributed by atoms with E-state index < -0.39 is 10.0 Å². The van der Waals surface area contributed by atoms with Gasteiger partial charge < -0.3 is 0 Å². The molecule has 0 aliphatic carbocycles. The van der Waals surface area contributed by atoms with Gasteiger partial charge in [-0.05, 0) is 36.6 Å². The van der Waals surface area contributed by atoms with Gasteiger partial charge in [0.15, 0.2) is 0 Å². The molecule has 0 unspecified atom stereocenters. The Bertz CT molecular complexity index is 687. The van der Waals surface area contributed by atoms with E-state index in [9.17, 15) is 8.42 Å². The predicted molar refractivity (Wildman–Crippen MR) is 80.5 cm³/mol. The van der Waals surface area contributed by atoms with Crippen molar-refractivity contribution in [1.82, 2.24) is 0 Å². The highest BCUT2D eigenvalue weighted by Crippen LogP contribution is 2.27. The van der Waals surface area contributed by atoms with E-state index in [1.165, 1.54) is 23.9 Å². The maximum absolute atomic E-state index is 12.2. The van der Waals surface area contributed by atoms with Gasteiger partial charge in [-0.25, -0.2) is 8.42 Å². The smallest absolute Gasteiger partial charge is 0.261 e. The molecule has 0 amide bonds. The van der Waals surface area contributed by atoms with Crippen molar-refractivity contribution in [3.05, 3.63) is 53.6 Å². The summed E-state index contributed by atoms with van der Waals surface area (Å²) >= 11 is 7.30. The summed E-state index contributed by atoms with van der Waals surface area (Å²) in [5.74, 6) is 0. The van der Waals surface area contributed by atoms with Crippen LogP contribution < -0.4 is 4.72 Å². The van der Waals surface area contributed by atoms with Gasteiger partial charge in [-0.3, -0.25) is 4.72 Å². The van der Waals surface area contributed by atoms with E-state index in [0.29, 0.717) is 10.7 Å². The molecule has 2 rings (SSSR count). The van der Waals surface area contributed by atoms with Crippen LogP contribution in [0.3, 0.4) is 0 Å². The summed E-state index contributed by atoms with van der Waals surface area (Å²) in [5.41, 5.74) is 0.565. The molecule has 19 heavy (non-hydrogen) atoms. The van der Waals surface area contributed by atoms with Crippen LogP contribution >= 0.6 is 23.4 Å². The average Bonchev–Trinajstić information content (AvgIpc) is 2.39. The summed E-state index contributed by atoms with van der Waals surface area (Å²) in [6, 6.07) is 13.4. The van der Waals surface area contributed by atoms with Crippen LogP contribution in [0.2, 0.25) is 5.02 Å². The Morgan fingerprint density at radius 1 is 1.11 bits per heavy atom. The summed E-state index contributed by atoms with van der Waals surface area (Å²) < 4.78 is 27.1. The van der Waals surface area contributed by atoms with Crippen molar-refractivity contribution >= 4 is 39.1 Å². The lowest BCUT2D eigenvalue weighted by Gasteiger charge is -2.11. The van der Waals surface area contributed by atoms with Crippen molar-refractivity contribution in [2.45, 2.75) is 9.79 Å². The second kappa shape index (κ2) is 5.86. The Morgan fingerprint density at radius 2 is 1.84 bits per heavy atom. The Hall–Kier alpha value is -1.17. The molecule has 100 valence electrons. The van der Waals surface area contributed by atoms with E-state index >= 15 is 0 Å². The van der Waals surface area contributed by atoms with Gasteiger partial charge in [0.2, 0.25) is 0 Å². The average molecular weight is 314 g/mol. The Morgan fingerprint density at radius 3 is 2.53 bits per heavy atom. The molecule has 0 aliphatic heterocycles. The molecule has 0 saturated heterocycles. The molecule has 0 spiro atoms. The molecule has 1 N–H and O–H groups in total. The maximum atomic E-state index is 12.2. The van der Waals surface area contributed by atoms with Crippen molar-refractivity contribution in [3.8, 4) is 0 Å². The number of hydrogen-bond acceptors (Lipinski definition) is 3. The topological polar surface area (TPSA) is 46.2 Å². The third-order valence-electron chi connectivity index (χ3n) is 2.46. The number of anilines is 1. The molecule has 0 saturated carbocycles. The lowest BCUT2D eigenvalue weighted by molar-refractivity contribution is 0.601. The van der Waals surface area contributed by atoms with Crippen LogP contribution in [-0.4, -0.2) is 14.7 Å². The standard InChI is InChI=1S/C13H12ClNO2S2/c1-18-13-8-3-2-7-12(13)15-19(16,17)11-6-4-5-10(14)9-11/h2-9,15H,1H3. The van der Waals surface area contributed by atoms with E-state index in [1.54, 1.807) is 24.3 Å². The normalized spacial score (nSPS) is 11.3. The van der Waals surface area contributed by atoms with Gasteiger partial charge in [-0.15, -0.1) is 11.8 Å². The van der Waals surface area contributed by atoms with Gasteiger partial charge in [-0.2, -0.15) is 0 Å². The van der Waals surface area contributed by atoms with Crippen LogP contribution in [0.15, 0.2) is 58.3 Å². The zero-order valence-electron chi connectivity index (χ0n) is 10.1. The Kier molecular flexibility index (Phi) is 4.39. The first kappa shape index (κ1) is 14.2. The molecule has 3 nitrogen and oxygen atoms in total. The van der Waals surface area contributed by atoms with Crippen LogP contribution in [0.25, 0.3) is 0 Å². The van der Waals surface area contributed by atoms with Gasteiger partial charge in [-0.1, -0.05) is 29.8 Å². The van der Waals surface area contributed by atoms with Crippen molar-refractivity contribution in [1.29, 1.82) is 0 Å². The van der Waals surface area contributed by atoms with Gasteiger partial charge >= 0.3 is 0 Å². The SMILES string of the molecule is CSc1ccccc1NS(=O)(=O)c1cccc(Cl)c1. The van der Waals surface area contributed by atoms with Crippen LogP contribution in [-0.2, 0) is 10.0 Å². The highest BCUT2D eigenvalue weighted by Gasteiger charge is 2.15. The van der Waals surface area contributed by atoms with Crippen molar-refractivity contribution < 1.29 is 8.42 Å². The second-order valence-corrected chi connectivity index (χ2v) is 6.73. The van der Waals surface area contributed by atoms with E-state index in [-0.39, 0.29) is 4.90 Å². The number of thioether (sulfide) groups is 1. The van der Waals surface area contributed by atoms with Crippen molar-refractivity contribution in [2.24, 2.45) is 0 Å². The fourth-order valence-corrected chi connectivity index (χ4v) is 3.57. The zero-order chi connectivity index (χ0) is 13.9. The Balaban J connectivity index is 2.37. The highest BCUT2D eigenvalue weighted by atomic mass is 35.5. The van der Waals surface area contributed by atoms with Crippen LogP contribution in [0.4, 0.5) is 5.69 Å². The first-order valence-corrected chi connectivity index (χ1v) is 8.53.